The molecule has 19 heavy (non-hydrogen) atoms. The van der Waals surface area contributed by atoms with E-state index in [2.05, 4.69) is 0 Å². The van der Waals surface area contributed by atoms with Gasteiger partial charge >= 0.3 is 0 Å². The fourth-order valence-corrected chi connectivity index (χ4v) is 4.19. The molecule has 0 bridgehead atoms. The van der Waals surface area contributed by atoms with Crippen molar-refractivity contribution in [3.05, 3.63) is 52.2 Å². The summed E-state index contributed by atoms with van der Waals surface area (Å²) in [5.74, 6) is 0. The summed E-state index contributed by atoms with van der Waals surface area (Å²) in [7, 11) is -2.01. The number of rotatable bonds is 5. The van der Waals surface area contributed by atoms with E-state index in [9.17, 15) is 8.42 Å². The average Bonchev–Trinajstić information content (AvgIpc) is 2.88. The maximum absolute atomic E-state index is 12.4. The molecule has 0 aliphatic heterocycles. The number of aliphatic hydroxyl groups excluding tert-OH is 1. The Bertz CT molecular complexity index is 635. The molecule has 1 N–H and O–H groups in total. The van der Waals surface area contributed by atoms with Crippen molar-refractivity contribution >= 4 is 21.4 Å². The normalized spacial score (nSPS) is 11.9. The fraction of sp³-hybridized carbons (Fsp3) is 0.231. The molecule has 0 radical (unpaired) electrons. The molecule has 102 valence electrons. The largest absolute Gasteiger partial charge is 0.391 e. The van der Waals surface area contributed by atoms with Crippen LogP contribution in [0.25, 0.3) is 0 Å². The summed E-state index contributed by atoms with van der Waals surface area (Å²) in [6, 6.07) is 10.9. The zero-order valence-electron chi connectivity index (χ0n) is 10.5. The first-order valence-corrected chi connectivity index (χ1v) is 8.05. The van der Waals surface area contributed by atoms with Gasteiger partial charge in [-0.15, -0.1) is 11.3 Å². The van der Waals surface area contributed by atoms with Crippen LogP contribution in [0.15, 0.2) is 46.7 Å². The van der Waals surface area contributed by atoms with Gasteiger partial charge in [-0.3, -0.25) is 0 Å². The molecular weight excluding hydrogens is 282 g/mol. The summed E-state index contributed by atoms with van der Waals surface area (Å²) in [5.41, 5.74) is 0.925. The molecule has 0 aliphatic rings. The summed E-state index contributed by atoms with van der Waals surface area (Å²) in [6.07, 6.45) is 0. The highest BCUT2D eigenvalue weighted by Crippen LogP contribution is 2.25. The summed E-state index contributed by atoms with van der Waals surface area (Å²) < 4.78 is 26.1. The minimum absolute atomic E-state index is 0.193. The van der Waals surface area contributed by atoms with Gasteiger partial charge in [-0.1, -0.05) is 30.3 Å². The van der Waals surface area contributed by atoms with Gasteiger partial charge < -0.3 is 5.11 Å². The van der Waals surface area contributed by atoms with Crippen LogP contribution in [0.4, 0.5) is 0 Å². The van der Waals surface area contributed by atoms with Crippen LogP contribution in [0.2, 0.25) is 0 Å². The zero-order chi connectivity index (χ0) is 13.9. The maximum Gasteiger partial charge on any atom is 0.244 e. The van der Waals surface area contributed by atoms with Crippen LogP contribution >= 0.6 is 11.3 Å². The predicted molar refractivity (Wildman–Crippen MR) is 75.3 cm³/mol. The van der Waals surface area contributed by atoms with Gasteiger partial charge in [0.2, 0.25) is 10.0 Å². The molecule has 0 spiro atoms. The van der Waals surface area contributed by atoms with Gasteiger partial charge in [-0.25, -0.2) is 8.42 Å². The Morgan fingerprint density at radius 2 is 1.89 bits per heavy atom. The average molecular weight is 297 g/mol. The van der Waals surface area contributed by atoms with Crippen LogP contribution in [0.3, 0.4) is 0 Å². The molecule has 4 nitrogen and oxygen atoms in total. The van der Waals surface area contributed by atoms with Crippen molar-refractivity contribution in [3.63, 3.8) is 0 Å². The van der Waals surface area contributed by atoms with Gasteiger partial charge in [0.15, 0.2) is 0 Å². The predicted octanol–water partition coefficient (Wildman–Crippen LogP) is 2.06. The van der Waals surface area contributed by atoms with Crippen LogP contribution in [-0.4, -0.2) is 24.9 Å². The molecule has 2 rings (SSSR count). The first-order valence-electron chi connectivity index (χ1n) is 5.73. The molecule has 0 unspecified atom stereocenters. The maximum atomic E-state index is 12.4. The van der Waals surface area contributed by atoms with Gasteiger partial charge in [0.25, 0.3) is 0 Å². The minimum Gasteiger partial charge on any atom is -0.391 e. The highest BCUT2D eigenvalue weighted by Gasteiger charge is 2.24. The third kappa shape index (κ3) is 3.03. The number of nitrogens with zero attached hydrogens (tertiary/aromatic N) is 1. The summed E-state index contributed by atoms with van der Waals surface area (Å²) in [5, 5.41) is 10.8. The van der Waals surface area contributed by atoms with Crippen molar-refractivity contribution in [3.8, 4) is 0 Å². The highest BCUT2D eigenvalue weighted by molar-refractivity contribution is 7.89. The van der Waals surface area contributed by atoms with Gasteiger partial charge in [0.1, 0.15) is 0 Å². The topological polar surface area (TPSA) is 57.6 Å². The third-order valence-electron chi connectivity index (χ3n) is 2.78. The van der Waals surface area contributed by atoms with Crippen molar-refractivity contribution in [1.82, 2.24) is 4.31 Å². The number of thiophene rings is 1. The molecule has 0 fully saturated rings. The molecule has 0 aliphatic carbocycles. The van der Waals surface area contributed by atoms with Crippen LogP contribution in [0, 0.1) is 0 Å². The Hall–Kier alpha value is -1.21. The Morgan fingerprint density at radius 3 is 2.53 bits per heavy atom. The standard InChI is InChI=1S/C13H15NO3S2/c1-14(9-11-5-3-2-4-6-11)19(16,17)13-7-8-18-12(13)10-15/h2-8,15H,9-10H2,1H3. The lowest BCUT2D eigenvalue weighted by molar-refractivity contribution is 0.282. The summed E-state index contributed by atoms with van der Waals surface area (Å²) >= 11 is 1.24. The Balaban J connectivity index is 2.25. The molecule has 0 saturated heterocycles. The van der Waals surface area contributed by atoms with E-state index in [0.717, 1.165) is 5.56 Å². The van der Waals surface area contributed by atoms with Crippen LogP contribution in [-0.2, 0) is 23.2 Å². The van der Waals surface area contributed by atoms with Crippen LogP contribution in [0.5, 0.6) is 0 Å². The van der Waals surface area contributed by atoms with Crippen LogP contribution in [0.1, 0.15) is 10.4 Å². The van der Waals surface area contributed by atoms with Gasteiger partial charge in [-0.05, 0) is 17.0 Å². The van der Waals surface area contributed by atoms with E-state index in [0.29, 0.717) is 11.4 Å². The quantitative estimate of drug-likeness (QED) is 0.919. The van der Waals surface area contributed by atoms with Crippen molar-refractivity contribution in [2.24, 2.45) is 0 Å². The zero-order valence-corrected chi connectivity index (χ0v) is 12.1. The second kappa shape index (κ2) is 5.83. The molecule has 6 heteroatoms. The van der Waals surface area contributed by atoms with Gasteiger partial charge in [0.05, 0.1) is 11.5 Å². The second-order valence-electron chi connectivity index (χ2n) is 4.11. The number of hydrogen-bond donors (Lipinski definition) is 1. The summed E-state index contributed by atoms with van der Waals surface area (Å²) in [4.78, 5) is 0.665. The molecule has 0 atom stereocenters. The van der Waals surface area contributed by atoms with Gasteiger partial charge in [-0.2, -0.15) is 4.31 Å². The number of benzene rings is 1. The van der Waals surface area contributed by atoms with E-state index < -0.39 is 10.0 Å². The van der Waals surface area contributed by atoms with E-state index >= 15 is 0 Å². The molecular formula is C13H15NO3S2. The van der Waals surface area contributed by atoms with Crippen molar-refractivity contribution in [2.45, 2.75) is 18.0 Å². The first-order chi connectivity index (χ1) is 9.05. The Kier molecular flexibility index (Phi) is 4.36. The smallest absolute Gasteiger partial charge is 0.244 e. The van der Waals surface area contributed by atoms with Crippen molar-refractivity contribution in [1.29, 1.82) is 0 Å². The van der Waals surface area contributed by atoms with E-state index in [1.165, 1.54) is 21.7 Å². The third-order valence-corrected chi connectivity index (χ3v) is 5.71. The number of aliphatic hydroxyl groups is 1. The van der Waals surface area contributed by atoms with Crippen molar-refractivity contribution < 1.29 is 13.5 Å². The molecule has 0 amide bonds. The highest BCUT2D eigenvalue weighted by atomic mass is 32.2. The molecule has 1 heterocycles. The van der Waals surface area contributed by atoms with Crippen LogP contribution < -0.4 is 0 Å². The van der Waals surface area contributed by atoms with E-state index in [1.807, 2.05) is 30.3 Å². The lowest BCUT2D eigenvalue weighted by Gasteiger charge is -2.17. The second-order valence-corrected chi connectivity index (χ2v) is 7.13. The van der Waals surface area contributed by atoms with E-state index in [-0.39, 0.29) is 11.5 Å². The van der Waals surface area contributed by atoms with E-state index in [4.69, 9.17) is 5.11 Å². The fourth-order valence-electron chi connectivity index (χ4n) is 1.77. The minimum atomic E-state index is -3.55. The van der Waals surface area contributed by atoms with Crippen molar-refractivity contribution in [2.75, 3.05) is 7.05 Å². The first kappa shape index (κ1) is 14.2. The van der Waals surface area contributed by atoms with Gasteiger partial charge in [0, 0.05) is 18.5 Å². The lowest BCUT2D eigenvalue weighted by Crippen LogP contribution is -2.26. The monoisotopic (exact) mass is 297 g/mol. The Labute approximate surface area is 117 Å². The SMILES string of the molecule is CN(Cc1ccccc1)S(=O)(=O)c1ccsc1CO. The lowest BCUT2D eigenvalue weighted by atomic mass is 10.2. The summed E-state index contributed by atoms with van der Waals surface area (Å²) in [6.45, 7) is 0.0509. The molecule has 2 aromatic rings. The molecule has 0 saturated carbocycles. The number of hydrogen-bond acceptors (Lipinski definition) is 4. The Morgan fingerprint density at radius 1 is 1.21 bits per heavy atom. The molecule has 1 aromatic carbocycles. The number of sulfonamides is 1. The van der Waals surface area contributed by atoms with E-state index in [1.54, 1.807) is 12.4 Å². The molecule has 1 aromatic heterocycles.